The van der Waals surface area contributed by atoms with Gasteiger partial charge in [0.2, 0.25) is 0 Å². The van der Waals surface area contributed by atoms with Crippen LogP contribution in [0.2, 0.25) is 0 Å². The zero-order valence-corrected chi connectivity index (χ0v) is 34.6. The van der Waals surface area contributed by atoms with Gasteiger partial charge in [0.1, 0.15) is 13.2 Å². The van der Waals surface area contributed by atoms with E-state index in [1.54, 1.807) is 0 Å². The second-order valence-corrected chi connectivity index (χ2v) is 15.0. The molecule has 1 unspecified atom stereocenters. The van der Waals surface area contributed by atoms with E-state index in [0.717, 1.165) is 77.0 Å². The van der Waals surface area contributed by atoms with Gasteiger partial charge in [-0.3, -0.25) is 14.4 Å². The molecule has 0 N–H and O–H groups in total. The lowest BCUT2D eigenvalue weighted by molar-refractivity contribution is -0.167. The zero-order chi connectivity index (χ0) is 38.0. The first-order valence-electron chi connectivity index (χ1n) is 22.3. The molecule has 0 fully saturated rings. The number of hydrogen-bond acceptors (Lipinski definition) is 6. The minimum absolute atomic E-state index is 0.0724. The van der Waals surface area contributed by atoms with Gasteiger partial charge >= 0.3 is 17.9 Å². The first-order valence-corrected chi connectivity index (χ1v) is 22.3. The molecule has 0 rings (SSSR count). The Hall–Kier alpha value is -2.11. The van der Waals surface area contributed by atoms with Crippen molar-refractivity contribution in [1.82, 2.24) is 0 Å². The van der Waals surface area contributed by atoms with Crippen molar-refractivity contribution in [2.75, 3.05) is 13.2 Å². The lowest BCUT2D eigenvalue weighted by atomic mass is 10.1. The largest absolute Gasteiger partial charge is 0.462 e. The second-order valence-electron chi connectivity index (χ2n) is 15.0. The fourth-order valence-corrected chi connectivity index (χ4v) is 6.29. The average Bonchev–Trinajstić information content (AvgIpc) is 3.14. The van der Waals surface area contributed by atoms with Gasteiger partial charge in [0, 0.05) is 19.3 Å². The van der Waals surface area contributed by atoms with E-state index in [-0.39, 0.29) is 31.1 Å². The molecular weight excluding hydrogens is 648 g/mol. The number of hydrogen-bond donors (Lipinski definition) is 0. The highest BCUT2D eigenvalue weighted by atomic mass is 16.6. The van der Waals surface area contributed by atoms with Crippen LogP contribution in [0, 0.1) is 0 Å². The van der Waals surface area contributed by atoms with Crippen LogP contribution < -0.4 is 0 Å². The number of carbonyl (C=O) groups excluding carboxylic acids is 3. The molecule has 304 valence electrons. The summed E-state index contributed by atoms with van der Waals surface area (Å²) in [5, 5.41) is 0. The van der Waals surface area contributed by atoms with Crippen molar-refractivity contribution >= 4 is 17.9 Å². The molecule has 0 aliphatic rings. The van der Waals surface area contributed by atoms with Crippen molar-refractivity contribution in [3.63, 3.8) is 0 Å². The third kappa shape index (κ3) is 39.1. The first kappa shape index (κ1) is 49.9. The van der Waals surface area contributed by atoms with Gasteiger partial charge in [0.25, 0.3) is 0 Å². The standard InChI is InChI=1S/C46H84O6/c1-4-7-10-13-16-19-21-22-23-24-25-28-30-33-36-39-45(48)51-42-43(41-50-44(47)38-35-32-29-26-18-15-12-9-6-3)52-46(49)40-37-34-31-27-20-17-14-11-8-5-2/h16,19,22-23,43H,4-15,17-18,20-21,24-42H2,1-3H3/b19-16-,23-22-. The molecule has 0 aliphatic heterocycles. The number of unbranched alkanes of at least 4 members (excludes halogenated alkanes) is 25. The van der Waals surface area contributed by atoms with E-state index in [0.29, 0.717) is 19.3 Å². The van der Waals surface area contributed by atoms with E-state index in [9.17, 15) is 14.4 Å². The quantitative estimate of drug-likeness (QED) is 0.0270. The van der Waals surface area contributed by atoms with Crippen LogP contribution in [0.3, 0.4) is 0 Å². The SMILES string of the molecule is CCCCC/C=C\C/C=C\CCCCCCCC(=O)OCC(COC(=O)CCCCCCCCCCC)OC(=O)CCCCCCCCCCCC. The van der Waals surface area contributed by atoms with E-state index in [1.807, 2.05) is 0 Å². The molecule has 6 heteroatoms. The van der Waals surface area contributed by atoms with E-state index >= 15 is 0 Å². The third-order valence-electron chi connectivity index (χ3n) is 9.71. The van der Waals surface area contributed by atoms with Gasteiger partial charge in [-0.1, -0.05) is 186 Å². The molecule has 52 heavy (non-hydrogen) atoms. The molecule has 0 saturated heterocycles. The average molecular weight is 733 g/mol. The van der Waals surface area contributed by atoms with Crippen LogP contribution in [0.15, 0.2) is 24.3 Å². The van der Waals surface area contributed by atoms with Crippen molar-refractivity contribution in [1.29, 1.82) is 0 Å². The summed E-state index contributed by atoms with van der Waals surface area (Å²) in [7, 11) is 0. The van der Waals surface area contributed by atoms with Crippen LogP contribution >= 0.6 is 0 Å². The maximum atomic E-state index is 12.7. The molecular formula is C46H84O6. The maximum absolute atomic E-state index is 12.7. The first-order chi connectivity index (χ1) is 25.5. The molecule has 0 spiro atoms. The smallest absolute Gasteiger partial charge is 0.306 e. The highest BCUT2D eigenvalue weighted by Crippen LogP contribution is 2.14. The van der Waals surface area contributed by atoms with Gasteiger partial charge in [-0.2, -0.15) is 0 Å². The monoisotopic (exact) mass is 733 g/mol. The number of carbonyl (C=O) groups is 3. The summed E-state index contributed by atoms with van der Waals surface area (Å²) in [6.45, 7) is 6.56. The van der Waals surface area contributed by atoms with Gasteiger partial charge in [0.05, 0.1) is 0 Å². The van der Waals surface area contributed by atoms with Crippen LogP contribution in [0.5, 0.6) is 0 Å². The summed E-state index contributed by atoms with van der Waals surface area (Å²) in [6.07, 6.45) is 44.4. The summed E-state index contributed by atoms with van der Waals surface area (Å²) in [4.78, 5) is 37.6. The number of rotatable bonds is 40. The number of esters is 3. The molecule has 0 bridgehead atoms. The minimum Gasteiger partial charge on any atom is -0.462 e. The topological polar surface area (TPSA) is 78.9 Å². The Kier molecular flexibility index (Phi) is 40.0. The molecule has 0 aromatic carbocycles. The Morgan fingerprint density at radius 1 is 0.385 bits per heavy atom. The number of allylic oxidation sites excluding steroid dienone is 4. The van der Waals surface area contributed by atoms with Gasteiger partial charge in [0.15, 0.2) is 6.10 Å². The molecule has 6 nitrogen and oxygen atoms in total. The lowest BCUT2D eigenvalue weighted by Gasteiger charge is -2.18. The molecule has 0 aliphatic carbocycles. The third-order valence-corrected chi connectivity index (χ3v) is 9.71. The summed E-state index contributed by atoms with van der Waals surface area (Å²) in [6, 6.07) is 0. The predicted octanol–water partition coefficient (Wildman–Crippen LogP) is 14.0. The van der Waals surface area contributed by atoms with Crippen LogP contribution in [-0.2, 0) is 28.6 Å². The summed E-state index contributed by atoms with van der Waals surface area (Å²) in [5.41, 5.74) is 0. The summed E-state index contributed by atoms with van der Waals surface area (Å²) >= 11 is 0. The van der Waals surface area contributed by atoms with Crippen molar-refractivity contribution in [3.8, 4) is 0 Å². The predicted molar refractivity (Wildman–Crippen MR) is 219 cm³/mol. The minimum atomic E-state index is -0.767. The fraction of sp³-hybridized carbons (Fsp3) is 0.848. The van der Waals surface area contributed by atoms with Crippen molar-refractivity contribution in [2.24, 2.45) is 0 Å². The Balaban J connectivity index is 4.34. The van der Waals surface area contributed by atoms with Crippen molar-refractivity contribution in [2.45, 2.75) is 239 Å². The van der Waals surface area contributed by atoms with E-state index in [2.05, 4.69) is 45.1 Å². The van der Waals surface area contributed by atoms with Crippen LogP contribution in [0.4, 0.5) is 0 Å². The Bertz CT molecular complexity index is 850. The summed E-state index contributed by atoms with van der Waals surface area (Å²) < 4.78 is 16.6. The van der Waals surface area contributed by atoms with E-state index in [1.165, 1.54) is 116 Å². The highest BCUT2D eigenvalue weighted by Gasteiger charge is 2.19. The maximum Gasteiger partial charge on any atom is 0.306 e. The molecule has 0 aromatic rings. The lowest BCUT2D eigenvalue weighted by Crippen LogP contribution is -2.30. The van der Waals surface area contributed by atoms with Crippen molar-refractivity contribution in [3.05, 3.63) is 24.3 Å². The summed E-state index contributed by atoms with van der Waals surface area (Å²) in [5.74, 6) is -0.887. The molecule has 0 heterocycles. The van der Waals surface area contributed by atoms with Gasteiger partial charge in [-0.25, -0.2) is 0 Å². The van der Waals surface area contributed by atoms with Crippen LogP contribution in [-0.4, -0.2) is 37.2 Å². The van der Waals surface area contributed by atoms with E-state index in [4.69, 9.17) is 14.2 Å². The van der Waals surface area contributed by atoms with Gasteiger partial charge in [-0.15, -0.1) is 0 Å². The second kappa shape index (κ2) is 41.6. The van der Waals surface area contributed by atoms with Gasteiger partial charge in [-0.05, 0) is 51.4 Å². The van der Waals surface area contributed by atoms with Crippen LogP contribution in [0.25, 0.3) is 0 Å². The Morgan fingerprint density at radius 3 is 1.10 bits per heavy atom. The molecule has 0 aromatic heterocycles. The number of ether oxygens (including phenoxy) is 3. The normalized spacial score (nSPS) is 12.1. The molecule has 0 radical (unpaired) electrons. The Labute approximate surface area is 322 Å². The van der Waals surface area contributed by atoms with Crippen molar-refractivity contribution < 1.29 is 28.6 Å². The fourth-order valence-electron chi connectivity index (χ4n) is 6.29. The Morgan fingerprint density at radius 2 is 0.692 bits per heavy atom. The zero-order valence-electron chi connectivity index (χ0n) is 34.6. The molecule has 0 amide bonds. The van der Waals surface area contributed by atoms with E-state index < -0.39 is 6.10 Å². The molecule has 1 atom stereocenters. The highest BCUT2D eigenvalue weighted by molar-refractivity contribution is 5.71. The van der Waals surface area contributed by atoms with Crippen LogP contribution in [0.1, 0.15) is 233 Å². The van der Waals surface area contributed by atoms with Gasteiger partial charge < -0.3 is 14.2 Å². The molecule has 0 saturated carbocycles.